The predicted molar refractivity (Wildman–Crippen MR) is 115 cm³/mol. The van der Waals surface area contributed by atoms with E-state index >= 15 is 0 Å². The van der Waals surface area contributed by atoms with E-state index in [0.717, 1.165) is 41.7 Å². The smallest absolute Gasteiger partial charge is 0.0641 e. The molecular weight excluding hydrogens is 362 g/mol. The standard InChI is InChI=1S/C21H28ClN3S/c1-21(2,3)26-14-16-8-7-15(12-24-16)13-25-20-17-6-4-5-11-23-19(17)10-9-18(20)22/h7-10,12,23,25H,4-6,11,13-14H2,1-3H3. The highest BCUT2D eigenvalue weighted by molar-refractivity contribution is 7.99. The largest absolute Gasteiger partial charge is 0.385 e. The van der Waals surface area contributed by atoms with E-state index in [2.05, 4.69) is 54.6 Å². The molecule has 1 aliphatic rings. The second-order valence-corrected chi connectivity index (χ2v) is 9.95. The van der Waals surface area contributed by atoms with Crippen molar-refractivity contribution in [2.45, 2.75) is 57.1 Å². The zero-order valence-electron chi connectivity index (χ0n) is 15.9. The molecule has 0 saturated carbocycles. The van der Waals surface area contributed by atoms with Crippen LogP contribution in [0.3, 0.4) is 0 Å². The Hall–Kier alpha value is -1.39. The number of hydrogen-bond acceptors (Lipinski definition) is 4. The molecule has 26 heavy (non-hydrogen) atoms. The Labute approximate surface area is 166 Å². The molecule has 0 saturated heterocycles. The molecule has 3 rings (SSSR count). The third kappa shape index (κ3) is 5.31. The normalized spacial score (nSPS) is 14.3. The maximum atomic E-state index is 6.48. The van der Waals surface area contributed by atoms with Crippen LogP contribution >= 0.6 is 23.4 Å². The van der Waals surface area contributed by atoms with E-state index in [-0.39, 0.29) is 4.75 Å². The van der Waals surface area contributed by atoms with E-state index in [1.807, 2.05) is 24.0 Å². The number of nitrogens with one attached hydrogen (secondary N) is 2. The molecule has 0 atom stereocenters. The average Bonchev–Trinajstić information content (AvgIpc) is 2.85. The van der Waals surface area contributed by atoms with Crippen molar-refractivity contribution in [2.24, 2.45) is 0 Å². The summed E-state index contributed by atoms with van der Waals surface area (Å²) in [4.78, 5) is 4.61. The third-order valence-corrected chi connectivity index (χ3v) is 6.06. The van der Waals surface area contributed by atoms with Crippen molar-refractivity contribution in [1.29, 1.82) is 0 Å². The van der Waals surface area contributed by atoms with Crippen LogP contribution in [0.25, 0.3) is 0 Å². The van der Waals surface area contributed by atoms with E-state index in [1.165, 1.54) is 29.7 Å². The molecule has 1 aromatic heterocycles. The van der Waals surface area contributed by atoms with Gasteiger partial charge < -0.3 is 10.6 Å². The number of nitrogens with zero attached hydrogens (tertiary/aromatic N) is 1. The molecule has 3 nitrogen and oxygen atoms in total. The highest BCUT2D eigenvalue weighted by atomic mass is 35.5. The number of benzene rings is 1. The van der Waals surface area contributed by atoms with Crippen LogP contribution in [-0.4, -0.2) is 16.3 Å². The Morgan fingerprint density at radius 3 is 2.77 bits per heavy atom. The minimum Gasteiger partial charge on any atom is -0.385 e. The van der Waals surface area contributed by atoms with E-state index < -0.39 is 0 Å². The van der Waals surface area contributed by atoms with Crippen LogP contribution in [0.5, 0.6) is 0 Å². The van der Waals surface area contributed by atoms with Crippen molar-refractivity contribution >= 4 is 34.7 Å². The first-order valence-corrected chi connectivity index (χ1v) is 10.7. The zero-order chi connectivity index (χ0) is 18.6. The Kier molecular flexibility index (Phi) is 6.36. The molecule has 0 bridgehead atoms. The summed E-state index contributed by atoms with van der Waals surface area (Å²) in [6.45, 7) is 8.47. The number of fused-ring (bicyclic) bond motifs is 1. The first-order valence-electron chi connectivity index (χ1n) is 9.29. The van der Waals surface area contributed by atoms with Gasteiger partial charge >= 0.3 is 0 Å². The van der Waals surface area contributed by atoms with Gasteiger partial charge in [0, 0.05) is 35.5 Å². The number of rotatable bonds is 5. The van der Waals surface area contributed by atoms with Gasteiger partial charge in [-0.2, -0.15) is 0 Å². The van der Waals surface area contributed by atoms with Crippen LogP contribution in [0.1, 0.15) is 50.4 Å². The lowest BCUT2D eigenvalue weighted by atomic mass is 10.0. The van der Waals surface area contributed by atoms with E-state index in [9.17, 15) is 0 Å². The SMILES string of the molecule is CC(C)(C)SCc1ccc(CNc2c(Cl)ccc3c2CCCCN3)cn1. The van der Waals surface area contributed by atoms with E-state index in [0.29, 0.717) is 0 Å². The molecule has 140 valence electrons. The Morgan fingerprint density at radius 1 is 1.19 bits per heavy atom. The molecule has 0 fully saturated rings. The van der Waals surface area contributed by atoms with Gasteiger partial charge in [0.25, 0.3) is 0 Å². The Balaban J connectivity index is 1.66. The molecule has 0 spiro atoms. The lowest BCUT2D eigenvalue weighted by Gasteiger charge is -2.18. The molecule has 1 aromatic carbocycles. The third-order valence-electron chi connectivity index (χ3n) is 4.44. The molecule has 5 heteroatoms. The number of thioether (sulfide) groups is 1. The van der Waals surface area contributed by atoms with Crippen molar-refractivity contribution in [2.75, 3.05) is 17.2 Å². The molecule has 2 aromatic rings. The minimum absolute atomic E-state index is 0.262. The summed E-state index contributed by atoms with van der Waals surface area (Å²) in [7, 11) is 0. The molecule has 0 radical (unpaired) electrons. The second-order valence-electron chi connectivity index (χ2n) is 7.74. The summed E-state index contributed by atoms with van der Waals surface area (Å²) >= 11 is 8.40. The maximum Gasteiger partial charge on any atom is 0.0641 e. The summed E-state index contributed by atoms with van der Waals surface area (Å²) in [5, 5.41) is 7.85. The minimum atomic E-state index is 0.262. The van der Waals surface area contributed by atoms with Crippen molar-refractivity contribution in [3.8, 4) is 0 Å². The summed E-state index contributed by atoms with van der Waals surface area (Å²) in [5.74, 6) is 0.945. The number of anilines is 2. The number of pyridine rings is 1. The summed E-state index contributed by atoms with van der Waals surface area (Å²) < 4.78 is 0.262. The molecule has 0 amide bonds. The fraction of sp³-hybridized carbons (Fsp3) is 0.476. The molecule has 1 aliphatic heterocycles. The molecule has 2 heterocycles. The van der Waals surface area contributed by atoms with Crippen LogP contribution in [0, 0.1) is 0 Å². The molecule has 2 N–H and O–H groups in total. The van der Waals surface area contributed by atoms with Crippen molar-refractivity contribution in [1.82, 2.24) is 4.98 Å². The van der Waals surface area contributed by atoms with Gasteiger partial charge in [-0.3, -0.25) is 4.98 Å². The van der Waals surface area contributed by atoms with Gasteiger partial charge in [0.05, 0.1) is 16.4 Å². The van der Waals surface area contributed by atoms with Crippen LogP contribution in [-0.2, 0) is 18.7 Å². The Bertz CT molecular complexity index is 738. The van der Waals surface area contributed by atoms with Crippen LogP contribution in [0.2, 0.25) is 5.02 Å². The van der Waals surface area contributed by atoms with Gasteiger partial charge in [0.1, 0.15) is 0 Å². The van der Waals surface area contributed by atoms with Gasteiger partial charge in [-0.05, 0) is 48.6 Å². The van der Waals surface area contributed by atoms with Crippen molar-refractivity contribution in [3.63, 3.8) is 0 Å². The molecule has 0 unspecified atom stereocenters. The predicted octanol–water partition coefficient (Wildman–Crippen LogP) is 6.13. The maximum absolute atomic E-state index is 6.48. The quantitative estimate of drug-likeness (QED) is 0.645. The Morgan fingerprint density at radius 2 is 2.04 bits per heavy atom. The highest BCUT2D eigenvalue weighted by Gasteiger charge is 2.15. The zero-order valence-corrected chi connectivity index (χ0v) is 17.4. The molecule has 0 aliphatic carbocycles. The number of halogens is 1. The van der Waals surface area contributed by atoms with Gasteiger partial charge in [0.2, 0.25) is 0 Å². The van der Waals surface area contributed by atoms with Gasteiger partial charge in [0.15, 0.2) is 0 Å². The summed E-state index contributed by atoms with van der Waals surface area (Å²) in [5.41, 5.74) is 5.88. The average molecular weight is 390 g/mol. The van der Waals surface area contributed by atoms with Gasteiger partial charge in [-0.1, -0.05) is 38.4 Å². The fourth-order valence-electron chi connectivity index (χ4n) is 3.01. The topological polar surface area (TPSA) is 37.0 Å². The monoisotopic (exact) mass is 389 g/mol. The van der Waals surface area contributed by atoms with Crippen molar-refractivity contribution in [3.05, 3.63) is 52.3 Å². The van der Waals surface area contributed by atoms with Crippen molar-refractivity contribution < 1.29 is 0 Å². The van der Waals surface area contributed by atoms with Gasteiger partial charge in [-0.15, -0.1) is 11.8 Å². The number of hydrogen-bond donors (Lipinski definition) is 2. The number of aromatic nitrogens is 1. The summed E-state index contributed by atoms with van der Waals surface area (Å²) in [6, 6.07) is 8.36. The van der Waals surface area contributed by atoms with E-state index in [1.54, 1.807) is 0 Å². The molecular formula is C21H28ClN3S. The van der Waals surface area contributed by atoms with Gasteiger partial charge in [-0.25, -0.2) is 0 Å². The lowest BCUT2D eigenvalue weighted by molar-refractivity contribution is 0.785. The highest BCUT2D eigenvalue weighted by Crippen LogP contribution is 2.35. The summed E-state index contributed by atoms with van der Waals surface area (Å²) in [6.07, 6.45) is 5.42. The van der Waals surface area contributed by atoms with Crippen LogP contribution in [0.15, 0.2) is 30.5 Å². The van der Waals surface area contributed by atoms with E-state index in [4.69, 9.17) is 11.6 Å². The first-order chi connectivity index (χ1) is 12.4. The fourth-order valence-corrected chi connectivity index (χ4v) is 4.01. The first kappa shape index (κ1) is 19.4. The lowest BCUT2D eigenvalue weighted by Crippen LogP contribution is -2.08. The second kappa shape index (κ2) is 8.53. The van der Waals surface area contributed by atoms with Crippen LogP contribution in [0.4, 0.5) is 11.4 Å². The van der Waals surface area contributed by atoms with Crippen LogP contribution < -0.4 is 10.6 Å².